The van der Waals surface area contributed by atoms with Crippen LogP contribution < -0.4 is 10.6 Å². The molecule has 5 nitrogen and oxygen atoms in total. The molecule has 0 aliphatic carbocycles. The van der Waals surface area contributed by atoms with Gasteiger partial charge in [0.15, 0.2) is 0 Å². The van der Waals surface area contributed by atoms with Crippen LogP contribution in [0.15, 0.2) is 30.5 Å². The molecule has 1 aliphatic heterocycles. The number of aromatic nitrogens is 2. The van der Waals surface area contributed by atoms with Gasteiger partial charge in [-0.05, 0) is 63.9 Å². The lowest BCUT2D eigenvalue weighted by Crippen LogP contribution is -2.26. The Morgan fingerprint density at radius 2 is 2.29 bits per heavy atom. The molecule has 3 rings (SSSR count). The Labute approximate surface area is 143 Å². The van der Waals surface area contributed by atoms with Gasteiger partial charge in [0.2, 0.25) is 0 Å². The molecule has 1 saturated heterocycles. The van der Waals surface area contributed by atoms with Gasteiger partial charge < -0.3 is 15.2 Å². The van der Waals surface area contributed by atoms with E-state index in [4.69, 9.17) is 0 Å². The largest absolute Gasteiger partial charge is 0.352 e. The third-order valence-corrected chi connectivity index (χ3v) is 4.87. The second kappa shape index (κ2) is 7.62. The van der Waals surface area contributed by atoms with E-state index in [1.165, 1.54) is 6.42 Å². The van der Waals surface area contributed by atoms with E-state index in [2.05, 4.69) is 20.2 Å². The number of carbonyl (C=O) groups excluding carboxylic acids is 1. The van der Waals surface area contributed by atoms with Gasteiger partial charge in [-0.2, -0.15) is 0 Å². The minimum Gasteiger partial charge on any atom is -0.352 e. The SMILES string of the molecule is Cc1cc(C(=O)NCCC2CCNC2)c(C)n1Cc1ccccn1. The zero-order valence-electron chi connectivity index (χ0n) is 14.5. The van der Waals surface area contributed by atoms with Crippen LogP contribution in [0.3, 0.4) is 0 Å². The number of aryl methyl sites for hydroxylation is 1. The highest BCUT2D eigenvalue weighted by Gasteiger charge is 2.17. The maximum Gasteiger partial charge on any atom is 0.253 e. The van der Waals surface area contributed by atoms with Crippen LogP contribution in [0.1, 0.15) is 40.3 Å². The Balaban J connectivity index is 1.63. The van der Waals surface area contributed by atoms with Crippen molar-refractivity contribution in [2.45, 2.75) is 33.2 Å². The second-order valence-corrected chi connectivity index (χ2v) is 6.60. The Morgan fingerprint density at radius 3 is 3.00 bits per heavy atom. The molecule has 1 fully saturated rings. The monoisotopic (exact) mass is 326 g/mol. The summed E-state index contributed by atoms with van der Waals surface area (Å²) in [6.07, 6.45) is 4.06. The standard InChI is InChI=1S/C19H26N4O/c1-14-11-18(19(24)22-10-7-16-6-9-20-12-16)15(2)23(14)13-17-5-3-4-8-21-17/h3-5,8,11,16,20H,6-7,9-10,12-13H2,1-2H3,(H,22,24). The predicted molar refractivity (Wildman–Crippen MR) is 95.2 cm³/mol. The maximum atomic E-state index is 12.5. The lowest BCUT2D eigenvalue weighted by atomic mass is 10.1. The summed E-state index contributed by atoms with van der Waals surface area (Å²) in [5, 5.41) is 6.44. The van der Waals surface area contributed by atoms with E-state index in [0.717, 1.165) is 48.7 Å². The average molecular weight is 326 g/mol. The van der Waals surface area contributed by atoms with Gasteiger partial charge >= 0.3 is 0 Å². The predicted octanol–water partition coefficient (Wildman–Crippen LogP) is 2.28. The molecule has 128 valence electrons. The van der Waals surface area contributed by atoms with Gasteiger partial charge in [-0.1, -0.05) is 6.07 Å². The van der Waals surface area contributed by atoms with Crippen LogP contribution in [0, 0.1) is 19.8 Å². The topological polar surface area (TPSA) is 59.0 Å². The smallest absolute Gasteiger partial charge is 0.253 e. The van der Waals surface area contributed by atoms with Crippen molar-refractivity contribution in [3.63, 3.8) is 0 Å². The molecular weight excluding hydrogens is 300 g/mol. The van der Waals surface area contributed by atoms with Crippen molar-refractivity contribution in [2.75, 3.05) is 19.6 Å². The molecule has 0 radical (unpaired) electrons. The molecule has 0 bridgehead atoms. The summed E-state index contributed by atoms with van der Waals surface area (Å²) in [5.41, 5.74) is 3.86. The van der Waals surface area contributed by atoms with E-state index >= 15 is 0 Å². The Morgan fingerprint density at radius 1 is 1.42 bits per heavy atom. The summed E-state index contributed by atoms with van der Waals surface area (Å²) in [5.74, 6) is 0.725. The molecule has 1 atom stereocenters. The normalized spacial score (nSPS) is 17.2. The van der Waals surface area contributed by atoms with Gasteiger partial charge in [0.1, 0.15) is 0 Å². The van der Waals surface area contributed by atoms with Crippen molar-refractivity contribution in [2.24, 2.45) is 5.92 Å². The minimum absolute atomic E-state index is 0.0290. The first kappa shape index (κ1) is 16.7. The Hall–Kier alpha value is -2.14. The van der Waals surface area contributed by atoms with E-state index < -0.39 is 0 Å². The number of hydrogen-bond acceptors (Lipinski definition) is 3. The highest BCUT2D eigenvalue weighted by Crippen LogP contribution is 2.17. The van der Waals surface area contributed by atoms with Crippen LogP contribution in [-0.4, -0.2) is 35.1 Å². The van der Waals surface area contributed by atoms with Crippen LogP contribution in [0.5, 0.6) is 0 Å². The summed E-state index contributed by atoms with van der Waals surface area (Å²) in [4.78, 5) is 16.9. The van der Waals surface area contributed by atoms with E-state index in [9.17, 15) is 4.79 Å². The molecule has 0 spiro atoms. The first-order chi connectivity index (χ1) is 11.6. The second-order valence-electron chi connectivity index (χ2n) is 6.60. The third-order valence-electron chi connectivity index (χ3n) is 4.87. The summed E-state index contributed by atoms with van der Waals surface area (Å²) >= 11 is 0. The van der Waals surface area contributed by atoms with Crippen molar-refractivity contribution >= 4 is 5.91 Å². The van der Waals surface area contributed by atoms with Crippen molar-refractivity contribution in [3.05, 3.63) is 53.1 Å². The molecule has 5 heteroatoms. The number of hydrogen-bond donors (Lipinski definition) is 2. The zero-order chi connectivity index (χ0) is 16.9. The molecule has 1 aliphatic rings. The van der Waals surface area contributed by atoms with Crippen LogP contribution in [0.25, 0.3) is 0 Å². The van der Waals surface area contributed by atoms with Crippen LogP contribution in [0.2, 0.25) is 0 Å². The minimum atomic E-state index is 0.0290. The zero-order valence-corrected chi connectivity index (χ0v) is 14.5. The fourth-order valence-electron chi connectivity index (χ4n) is 3.37. The maximum absolute atomic E-state index is 12.5. The molecule has 1 amide bonds. The van der Waals surface area contributed by atoms with Gasteiger partial charge in [-0.3, -0.25) is 9.78 Å². The summed E-state index contributed by atoms with van der Waals surface area (Å²) in [6, 6.07) is 7.89. The highest BCUT2D eigenvalue weighted by molar-refractivity contribution is 5.95. The molecule has 24 heavy (non-hydrogen) atoms. The lowest BCUT2D eigenvalue weighted by Gasteiger charge is -2.11. The fourth-order valence-corrected chi connectivity index (χ4v) is 3.37. The van der Waals surface area contributed by atoms with Gasteiger partial charge in [0.05, 0.1) is 17.8 Å². The van der Waals surface area contributed by atoms with Crippen molar-refractivity contribution < 1.29 is 4.79 Å². The molecule has 1 unspecified atom stereocenters. The van der Waals surface area contributed by atoms with Gasteiger partial charge in [0.25, 0.3) is 5.91 Å². The summed E-state index contributed by atoms with van der Waals surface area (Å²) < 4.78 is 2.15. The molecule has 0 saturated carbocycles. The number of nitrogens with one attached hydrogen (secondary N) is 2. The van der Waals surface area contributed by atoms with Gasteiger partial charge in [-0.15, -0.1) is 0 Å². The van der Waals surface area contributed by atoms with E-state index in [0.29, 0.717) is 12.5 Å². The average Bonchev–Trinajstić information content (AvgIpc) is 3.19. The van der Waals surface area contributed by atoms with Crippen molar-refractivity contribution in [3.8, 4) is 0 Å². The molecule has 2 aromatic heterocycles. The molecule has 2 aromatic rings. The Bertz CT molecular complexity index is 687. The summed E-state index contributed by atoms with van der Waals surface area (Å²) in [7, 11) is 0. The van der Waals surface area contributed by atoms with E-state index in [-0.39, 0.29) is 5.91 Å². The lowest BCUT2D eigenvalue weighted by molar-refractivity contribution is 0.0951. The molecule has 2 N–H and O–H groups in total. The first-order valence-corrected chi connectivity index (χ1v) is 8.70. The Kier molecular flexibility index (Phi) is 5.30. The third kappa shape index (κ3) is 3.85. The van der Waals surface area contributed by atoms with Crippen LogP contribution >= 0.6 is 0 Å². The number of amides is 1. The summed E-state index contributed by atoms with van der Waals surface area (Å²) in [6.45, 7) is 7.67. The van der Waals surface area contributed by atoms with E-state index in [1.807, 2.05) is 38.1 Å². The number of carbonyl (C=O) groups is 1. The highest BCUT2D eigenvalue weighted by atomic mass is 16.1. The van der Waals surface area contributed by atoms with Gasteiger partial charge in [-0.25, -0.2) is 0 Å². The number of pyridine rings is 1. The van der Waals surface area contributed by atoms with Gasteiger partial charge in [0, 0.05) is 24.1 Å². The molecule has 0 aromatic carbocycles. The number of rotatable bonds is 6. The van der Waals surface area contributed by atoms with E-state index in [1.54, 1.807) is 6.20 Å². The fraction of sp³-hybridized carbons (Fsp3) is 0.474. The number of nitrogens with zero attached hydrogens (tertiary/aromatic N) is 2. The van der Waals surface area contributed by atoms with Crippen LogP contribution in [-0.2, 0) is 6.54 Å². The first-order valence-electron chi connectivity index (χ1n) is 8.70. The van der Waals surface area contributed by atoms with Crippen LogP contribution in [0.4, 0.5) is 0 Å². The molecular formula is C19H26N4O. The van der Waals surface area contributed by atoms with Crippen molar-refractivity contribution in [1.82, 2.24) is 20.2 Å². The molecule has 3 heterocycles. The van der Waals surface area contributed by atoms with Crippen molar-refractivity contribution in [1.29, 1.82) is 0 Å². The quantitative estimate of drug-likeness (QED) is 0.856.